The van der Waals surface area contributed by atoms with Crippen molar-refractivity contribution in [3.8, 4) is 0 Å². The number of imide groups is 1. The van der Waals surface area contributed by atoms with Crippen LogP contribution in [0.15, 0.2) is 58.3 Å². The number of hydrogen-bond acceptors (Lipinski definition) is 5. The van der Waals surface area contributed by atoms with Crippen LogP contribution in [0.3, 0.4) is 0 Å². The summed E-state index contributed by atoms with van der Waals surface area (Å²) in [6, 6.07) is 12.8. The molecule has 0 aliphatic carbocycles. The minimum Gasteiger partial charge on any atom is -0.268 e. The van der Waals surface area contributed by atoms with Crippen LogP contribution in [0.1, 0.15) is 25.0 Å². The summed E-state index contributed by atoms with van der Waals surface area (Å²) in [5.74, 6) is -0.844. The number of anilines is 1. The van der Waals surface area contributed by atoms with Crippen LogP contribution in [0, 0.1) is 6.92 Å². The summed E-state index contributed by atoms with van der Waals surface area (Å²) < 4.78 is 22.9. The summed E-state index contributed by atoms with van der Waals surface area (Å²) in [6.45, 7) is 5.85. The third-order valence-corrected chi connectivity index (χ3v) is 6.17. The van der Waals surface area contributed by atoms with Crippen molar-refractivity contribution in [2.45, 2.75) is 30.9 Å². The molecule has 6 nitrogen and oxygen atoms in total. The van der Waals surface area contributed by atoms with Gasteiger partial charge in [-0.05, 0) is 36.8 Å². The van der Waals surface area contributed by atoms with E-state index in [0.717, 1.165) is 10.5 Å². The van der Waals surface area contributed by atoms with Crippen LogP contribution >= 0.6 is 11.8 Å². The standard InChI is InChI=1S/C20H20N2O4S2/c1-12(2)27-18-17(14-6-4-13(3)5-7-14)19(23)22(20(18)24)15-8-10-16(11-9-15)28(21,25)26/h4-12H,1-3H3,(H2,21,25,26). The first-order valence-electron chi connectivity index (χ1n) is 8.59. The average molecular weight is 417 g/mol. The lowest BCUT2D eigenvalue weighted by molar-refractivity contribution is -0.119. The van der Waals surface area contributed by atoms with Gasteiger partial charge in [0.25, 0.3) is 11.8 Å². The average Bonchev–Trinajstić information content (AvgIpc) is 2.85. The van der Waals surface area contributed by atoms with Gasteiger partial charge in [0.1, 0.15) is 0 Å². The van der Waals surface area contributed by atoms with Crippen molar-refractivity contribution >= 4 is 44.9 Å². The molecule has 2 N–H and O–H groups in total. The molecule has 0 unspecified atom stereocenters. The Kier molecular flexibility index (Phi) is 5.47. The van der Waals surface area contributed by atoms with Gasteiger partial charge in [0, 0.05) is 5.25 Å². The summed E-state index contributed by atoms with van der Waals surface area (Å²) in [7, 11) is -3.86. The molecule has 1 heterocycles. The van der Waals surface area contributed by atoms with Crippen molar-refractivity contribution in [1.82, 2.24) is 0 Å². The Morgan fingerprint density at radius 2 is 1.50 bits per heavy atom. The number of aryl methyl sites for hydroxylation is 1. The van der Waals surface area contributed by atoms with Crippen LogP contribution in [0.4, 0.5) is 5.69 Å². The Hall–Kier alpha value is -2.42. The van der Waals surface area contributed by atoms with Gasteiger partial charge in [-0.15, -0.1) is 11.8 Å². The zero-order valence-electron chi connectivity index (χ0n) is 15.7. The molecule has 146 valence electrons. The number of sulfonamides is 1. The van der Waals surface area contributed by atoms with Crippen LogP contribution in [-0.2, 0) is 19.6 Å². The molecular formula is C20H20N2O4S2. The molecule has 0 atom stereocenters. The zero-order chi connectivity index (χ0) is 20.6. The van der Waals surface area contributed by atoms with Gasteiger partial charge in [0.2, 0.25) is 10.0 Å². The number of carbonyl (C=O) groups excluding carboxylic acids is 2. The fraction of sp³-hybridized carbons (Fsp3) is 0.200. The molecule has 0 saturated carbocycles. The number of carbonyl (C=O) groups is 2. The Bertz CT molecular complexity index is 1070. The second kappa shape index (κ2) is 7.54. The van der Waals surface area contributed by atoms with Crippen molar-refractivity contribution in [2.75, 3.05) is 4.90 Å². The predicted octanol–water partition coefficient (Wildman–Crippen LogP) is 3.07. The summed E-state index contributed by atoms with van der Waals surface area (Å²) in [5.41, 5.74) is 2.39. The number of nitrogens with two attached hydrogens (primary N) is 1. The zero-order valence-corrected chi connectivity index (χ0v) is 17.3. The lowest BCUT2D eigenvalue weighted by Gasteiger charge is -2.15. The second-order valence-electron chi connectivity index (χ2n) is 6.72. The van der Waals surface area contributed by atoms with Gasteiger partial charge in [-0.25, -0.2) is 18.5 Å². The molecule has 2 aromatic carbocycles. The first kappa shape index (κ1) is 20.3. The van der Waals surface area contributed by atoms with E-state index < -0.39 is 21.8 Å². The maximum absolute atomic E-state index is 13.2. The van der Waals surface area contributed by atoms with Gasteiger partial charge in [-0.3, -0.25) is 9.59 Å². The van der Waals surface area contributed by atoms with Crippen LogP contribution in [0.2, 0.25) is 0 Å². The molecular weight excluding hydrogens is 396 g/mol. The number of primary sulfonamides is 1. The summed E-state index contributed by atoms with van der Waals surface area (Å²) in [5, 5.41) is 5.22. The molecule has 1 aliphatic heterocycles. The summed E-state index contributed by atoms with van der Waals surface area (Å²) in [6.07, 6.45) is 0. The number of amides is 2. The van der Waals surface area contributed by atoms with Crippen molar-refractivity contribution < 1.29 is 18.0 Å². The van der Waals surface area contributed by atoms with Gasteiger partial charge >= 0.3 is 0 Å². The maximum Gasteiger partial charge on any atom is 0.272 e. The molecule has 1 aliphatic rings. The number of benzene rings is 2. The fourth-order valence-corrected chi connectivity index (χ4v) is 4.35. The maximum atomic E-state index is 13.2. The monoisotopic (exact) mass is 416 g/mol. The Labute approximate surface area is 168 Å². The molecule has 2 aromatic rings. The molecule has 8 heteroatoms. The van der Waals surface area contributed by atoms with E-state index in [2.05, 4.69) is 0 Å². The van der Waals surface area contributed by atoms with E-state index in [1.54, 1.807) is 0 Å². The highest BCUT2D eigenvalue weighted by atomic mass is 32.2. The van der Waals surface area contributed by atoms with Crippen LogP contribution in [0.5, 0.6) is 0 Å². The molecule has 3 rings (SSSR count). The fourth-order valence-electron chi connectivity index (χ4n) is 2.85. The van der Waals surface area contributed by atoms with Crippen LogP contribution in [-0.4, -0.2) is 25.5 Å². The first-order valence-corrected chi connectivity index (χ1v) is 11.0. The van der Waals surface area contributed by atoms with E-state index >= 15 is 0 Å². The van der Waals surface area contributed by atoms with Crippen molar-refractivity contribution in [1.29, 1.82) is 0 Å². The molecule has 0 radical (unpaired) electrons. The second-order valence-corrected chi connectivity index (χ2v) is 9.87. The molecule has 2 amide bonds. The highest BCUT2D eigenvalue weighted by Crippen LogP contribution is 2.40. The van der Waals surface area contributed by atoms with Gasteiger partial charge in [0.15, 0.2) is 0 Å². The Morgan fingerprint density at radius 1 is 0.929 bits per heavy atom. The quantitative estimate of drug-likeness (QED) is 0.756. The molecule has 0 spiro atoms. The Morgan fingerprint density at radius 3 is 2.00 bits per heavy atom. The van der Waals surface area contributed by atoms with E-state index in [0.29, 0.717) is 21.7 Å². The number of thioether (sulfide) groups is 1. The smallest absolute Gasteiger partial charge is 0.268 e. The van der Waals surface area contributed by atoms with E-state index in [9.17, 15) is 18.0 Å². The summed E-state index contributed by atoms with van der Waals surface area (Å²) >= 11 is 1.34. The first-order chi connectivity index (χ1) is 13.1. The molecule has 0 aromatic heterocycles. The van der Waals surface area contributed by atoms with Crippen molar-refractivity contribution in [3.05, 3.63) is 64.6 Å². The van der Waals surface area contributed by atoms with Gasteiger partial charge < -0.3 is 0 Å². The van der Waals surface area contributed by atoms with Crippen molar-refractivity contribution in [2.24, 2.45) is 5.14 Å². The largest absolute Gasteiger partial charge is 0.272 e. The number of nitrogens with zero attached hydrogens (tertiary/aromatic N) is 1. The highest BCUT2D eigenvalue weighted by molar-refractivity contribution is 8.04. The van der Waals surface area contributed by atoms with Gasteiger partial charge in [0.05, 0.1) is 21.1 Å². The molecule has 28 heavy (non-hydrogen) atoms. The highest BCUT2D eigenvalue weighted by Gasteiger charge is 2.40. The van der Waals surface area contributed by atoms with Crippen LogP contribution in [0.25, 0.3) is 5.57 Å². The minimum absolute atomic E-state index is 0.0844. The van der Waals surface area contributed by atoms with Crippen LogP contribution < -0.4 is 10.0 Å². The SMILES string of the molecule is Cc1ccc(C2=C(SC(C)C)C(=O)N(c3ccc(S(N)(=O)=O)cc3)C2=O)cc1. The minimum atomic E-state index is -3.86. The number of hydrogen-bond donors (Lipinski definition) is 1. The van der Waals surface area contributed by atoms with E-state index in [1.165, 1.54) is 36.0 Å². The molecule has 0 bridgehead atoms. The third-order valence-electron chi connectivity index (χ3n) is 4.16. The molecule has 0 saturated heterocycles. The Balaban J connectivity index is 2.06. The predicted molar refractivity (Wildman–Crippen MR) is 111 cm³/mol. The van der Waals surface area contributed by atoms with E-state index in [1.807, 2.05) is 45.0 Å². The summed E-state index contributed by atoms with van der Waals surface area (Å²) in [4.78, 5) is 27.6. The van der Waals surface area contributed by atoms with E-state index in [4.69, 9.17) is 5.14 Å². The number of rotatable bonds is 5. The van der Waals surface area contributed by atoms with Gasteiger partial charge in [-0.2, -0.15) is 0 Å². The topological polar surface area (TPSA) is 97.5 Å². The normalized spacial score (nSPS) is 15.1. The van der Waals surface area contributed by atoms with Gasteiger partial charge in [-0.1, -0.05) is 43.7 Å². The lowest BCUT2D eigenvalue weighted by atomic mass is 10.0. The lowest BCUT2D eigenvalue weighted by Crippen LogP contribution is -2.31. The molecule has 0 fully saturated rings. The van der Waals surface area contributed by atoms with Crippen molar-refractivity contribution in [3.63, 3.8) is 0 Å². The van der Waals surface area contributed by atoms with E-state index in [-0.39, 0.29) is 10.1 Å². The third kappa shape index (κ3) is 3.89.